The van der Waals surface area contributed by atoms with Gasteiger partial charge in [0.2, 0.25) is 0 Å². The van der Waals surface area contributed by atoms with Gasteiger partial charge in [0.05, 0.1) is 7.11 Å². The first-order valence-corrected chi connectivity index (χ1v) is 6.15. The Hall–Kier alpha value is -1.06. The molecular formula is C14H22N2O. The minimum absolute atomic E-state index is 0.124. The summed E-state index contributed by atoms with van der Waals surface area (Å²) in [6, 6.07) is 6.71. The zero-order valence-corrected chi connectivity index (χ0v) is 11.1. The summed E-state index contributed by atoms with van der Waals surface area (Å²) in [6.45, 7) is 8.46. The molecule has 1 aliphatic heterocycles. The van der Waals surface area contributed by atoms with Crippen molar-refractivity contribution in [2.45, 2.75) is 32.4 Å². The van der Waals surface area contributed by atoms with Crippen LogP contribution in [0.2, 0.25) is 0 Å². The molecule has 1 aromatic carbocycles. The number of nitrogens with one attached hydrogen (secondary N) is 2. The summed E-state index contributed by atoms with van der Waals surface area (Å²) in [5.41, 5.74) is 2.59. The summed E-state index contributed by atoms with van der Waals surface area (Å²) in [7, 11) is 1.74. The van der Waals surface area contributed by atoms with Crippen LogP contribution in [0, 0.1) is 6.92 Å². The van der Waals surface area contributed by atoms with Gasteiger partial charge in [0.25, 0.3) is 0 Å². The first-order valence-electron chi connectivity index (χ1n) is 6.15. The molecule has 0 amide bonds. The Morgan fingerprint density at radius 2 is 2.12 bits per heavy atom. The second kappa shape index (κ2) is 4.67. The molecular weight excluding hydrogens is 212 g/mol. The first-order chi connectivity index (χ1) is 8.02. The van der Waals surface area contributed by atoms with Crippen LogP contribution in [0.25, 0.3) is 0 Å². The van der Waals surface area contributed by atoms with E-state index in [2.05, 4.69) is 49.6 Å². The molecule has 1 atom stereocenters. The average Bonchev–Trinajstić information content (AvgIpc) is 2.27. The molecule has 0 radical (unpaired) electrons. The van der Waals surface area contributed by atoms with Gasteiger partial charge < -0.3 is 15.4 Å². The van der Waals surface area contributed by atoms with E-state index in [1.807, 2.05) is 0 Å². The van der Waals surface area contributed by atoms with Crippen molar-refractivity contribution in [3.05, 3.63) is 29.3 Å². The third-order valence-corrected chi connectivity index (χ3v) is 3.24. The minimum atomic E-state index is 0.124. The standard InChI is InChI=1S/C14H22N2O/c1-10-5-6-11(13(7-10)17-4)12-8-15-9-14(2,3)16-12/h5-7,12,15-16H,8-9H2,1-4H3. The molecule has 1 aromatic rings. The zero-order valence-electron chi connectivity index (χ0n) is 11.1. The topological polar surface area (TPSA) is 33.3 Å². The van der Waals surface area contributed by atoms with Crippen LogP contribution < -0.4 is 15.4 Å². The van der Waals surface area contributed by atoms with E-state index in [9.17, 15) is 0 Å². The largest absolute Gasteiger partial charge is 0.496 e. The molecule has 0 aromatic heterocycles. The summed E-state index contributed by atoms with van der Waals surface area (Å²) in [5, 5.41) is 7.13. The zero-order chi connectivity index (χ0) is 12.5. The lowest BCUT2D eigenvalue weighted by Gasteiger charge is -2.38. The number of aryl methyl sites for hydroxylation is 1. The van der Waals surface area contributed by atoms with Gasteiger partial charge in [-0.2, -0.15) is 0 Å². The highest BCUT2D eigenvalue weighted by Gasteiger charge is 2.28. The number of rotatable bonds is 2. The van der Waals surface area contributed by atoms with E-state index in [4.69, 9.17) is 4.74 Å². The highest BCUT2D eigenvalue weighted by atomic mass is 16.5. The van der Waals surface area contributed by atoms with E-state index in [1.165, 1.54) is 11.1 Å². The monoisotopic (exact) mass is 234 g/mol. The van der Waals surface area contributed by atoms with Crippen molar-refractivity contribution < 1.29 is 4.74 Å². The predicted octanol–water partition coefficient (Wildman–Crippen LogP) is 2.02. The van der Waals surface area contributed by atoms with Gasteiger partial charge in [-0.05, 0) is 32.4 Å². The molecule has 3 heteroatoms. The van der Waals surface area contributed by atoms with E-state index in [-0.39, 0.29) is 5.54 Å². The number of ether oxygens (including phenoxy) is 1. The lowest BCUT2D eigenvalue weighted by molar-refractivity contribution is 0.260. The Balaban J connectivity index is 2.27. The van der Waals surface area contributed by atoms with Crippen LogP contribution in [-0.4, -0.2) is 25.7 Å². The summed E-state index contributed by atoms with van der Waals surface area (Å²) >= 11 is 0. The third-order valence-electron chi connectivity index (χ3n) is 3.24. The van der Waals surface area contributed by atoms with Gasteiger partial charge in [0, 0.05) is 30.2 Å². The van der Waals surface area contributed by atoms with Crippen LogP contribution in [0.4, 0.5) is 0 Å². The Bertz CT molecular complexity index is 401. The van der Waals surface area contributed by atoms with Crippen molar-refractivity contribution in [2.24, 2.45) is 0 Å². The molecule has 0 aliphatic carbocycles. The predicted molar refractivity (Wildman–Crippen MR) is 70.6 cm³/mol. The number of hydrogen-bond acceptors (Lipinski definition) is 3. The van der Waals surface area contributed by atoms with Gasteiger partial charge in [-0.25, -0.2) is 0 Å². The van der Waals surface area contributed by atoms with Gasteiger partial charge in [0.15, 0.2) is 0 Å². The summed E-state index contributed by atoms with van der Waals surface area (Å²) in [6.07, 6.45) is 0. The van der Waals surface area contributed by atoms with E-state index < -0.39 is 0 Å². The van der Waals surface area contributed by atoms with Crippen LogP contribution in [0.15, 0.2) is 18.2 Å². The molecule has 94 valence electrons. The average molecular weight is 234 g/mol. The molecule has 1 saturated heterocycles. The van der Waals surface area contributed by atoms with Crippen LogP contribution in [0.1, 0.15) is 31.0 Å². The van der Waals surface area contributed by atoms with E-state index >= 15 is 0 Å². The van der Waals surface area contributed by atoms with Crippen molar-refractivity contribution in [2.75, 3.05) is 20.2 Å². The summed E-state index contributed by atoms with van der Waals surface area (Å²) < 4.78 is 5.48. The molecule has 1 unspecified atom stereocenters. The van der Waals surface area contributed by atoms with Crippen molar-refractivity contribution >= 4 is 0 Å². The van der Waals surface area contributed by atoms with E-state index in [1.54, 1.807) is 7.11 Å². The Kier molecular flexibility index (Phi) is 3.40. The maximum atomic E-state index is 5.48. The highest BCUT2D eigenvalue weighted by Crippen LogP contribution is 2.28. The Morgan fingerprint density at radius 3 is 2.76 bits per heavy atom. The van der Waals surface area contributed by atoms with E-state index in [0.29, 0.717) is 6.04 Å². The van der Waals surface area contributed by atoms with Crippen molar-refractivity contribution in [3.8, 4) is 5.75 Å². The van der Waals surface area contributed by atoms with Gasteiger partial charge >= 0.3 is 0 Å². The molecule has 1 fully saturated rings. The smallest absolute Gasteiger partial charge is 0.123 e. The minimum Gasteiger partial charge on any atom is -0.496 e. The van der Waals surface area contributed by atoms with Crippen LogP contribution in [-0.2, 0) is 0 Å². The number of methoxy groups -OCH3 is 1. The SMILES string of the molecule is COc1cc(C)ccc1C1CNCC(C)(C)N1. The lowest BCUT2D eigenvalue weighted by atomic mass is 9.95. The second-order valence-electron chi connectivity index (χ2n) is 5.46. The quantitative estimate of drug-likeness (QED) is 0.821. The molecule has 1 heterocycles. The molecule has 3 nitrogen and oxygen atoms in total. The summed E-state index contributed by atoms with van der Waals surface area (Å²) in [4.78, 5) is 0. The number of piperazine rings is 1. The van der Waals surface area contributed by atoms with Gasteiger partial charge in [-0.15, -0.1) is 0 Å². The lowest BCUT2D eigenvalue weighted by Crippen LogP contribution is -2.56. The number of hydrogen-bond donors (Lipinski definition) is 2. The Morgan fingerprint density at radius 1 is 1.35 bits per heavy atom. The van der Waals surface area contributed by atoms with Crippen molar-refractivity contribution in [3.63, 3.8) is 0 Å². The maximum absolute atomic E-state index is 5.48. The molecule has 0 saturated carbocycles. The second-order valence-corrected chi connectivity index (χ2v) is 5.46. The fraction of sp³-hybridized carbons (Fsp3) is 0.571. The van der Waals surface area contributed by atoms with Crippen LogP contribution in [0.3, 0.4) is 0 Å². The molecule has 2 N–H and O–H groups in total. The molecule has 0 spiro atoms. The first kappa shape index (κ1) is 12.4. The van der Waals surface area contributed by atoms with Crippen LogP contribution in [0.5, 0.6) is 5.75 Å². The fourth-order valence-electron chi connectivity index (χ4n) is 2.40. The normalized spacial score (nSPS) is 23.4. The highest BCUT2D eigenvalue weighted by molar-refractivity contribution is 5.40. The van der Waals surface area contributed by atoms with Gasteiger partial charge in [-0.1, -0.05) is 12.1 Å². The molecule has 17 heavy (non-hydrogen) atoms. The molecule has 2 rings (SSSR count). The summed E-state index contributed by atoms with van der Waals surface area (Å²) in [5.74, 6) is 0.974. The van der Waals surface area contributed by atoms with E-state index in [0.717, 1.165) is 18.8 Å². The van der Waals surface area contributed by atoms with Gasteiger partial charge in [0.1, 0.15) is 5.75 Å². The van der Waals surface area contributed by atoms with Crippen LogP contribution >= 0.6 is 0 Å². The maximum Gasteiger partial charge on any atom is 0.123 e. The Labute approximate surface area is 104 Å². The fourth-order valence-corrected chi connectivity index (χ4v) is 2.40. The van der Waals surface area contributed by atoms with Crippen molar-refractivity contribution in [1.82, 2.24) is 10.6 Å². The third kappa shape index (κ3) is 2.79. The molecule has 1 aliphatic rings. The molecule has 0 bridgehead atoms. The van der Waals surface area contributed by atoms with Crippen molar-refractivity contribution in [1.29, 1.82) is 0 Å². The number of benzene rings is 1. The van der Waals surface area contributed by atoms with Gasteiger partial charge in [-0.3, -0.25) is 0 Å².